The molecular formula is C13H16ClNOS. The van der Waals surface area contributed by atoms with Gasteiger partial charge in [-0.15, -0.1) is 0 Å². The van der Waals surface area contributed by atoms with E-state index in [1.807, 2.05) is 36.9 Å². The van der Waals surface area contributed by atoms with E-state index in [-0.39, 0.29) is 11.8 Å². The zero-order chi connectivity index (χ0) is 12.3. The van der Waals surface area contributed by atoms with E-state index in [2.05, 4.69) is 5.32 Å². The highest BCUT2D eigenvalue weighted by Gasteiger charge is 2.21. The maximum atomic E-state index is 12.1. The minimum Gasteiger partial charge on any atom is -0.326 e. The minimum absolute atomic E-state index is 0.135. The second-order valence-electron chi connectivity index (χ2n) is 4.34. The third-order valence-corrected chi connectivity index (χ3v) is 4.33. The first-order valence-corrected chi connectivity index (χ1v) is 7.35. The average molecular weight is 270 g/mol. The lowest BCUT2D eigenvalue weighted by Gasteiger charge is -2.21. The summed E-state index contributed by atoms with van der Waals surface area (Å²) in [5.74, 6) is 2.48. The molecule has 1 heterocycles. The standard InChI is InChI=1S/C13H16ClNOS/c1-9-2-3-11(14)8-12(9)15-13(16)10-4-6-17-7-5-10/h2-3,8,10H,4-7H2,1H3,(H,15,16). The van der Waals surface area contributed by atoms with Gasteiger partial charge in [0.2, 0.25) is 5.91 Å². The van der Waals surface area contributed by atoms with Gasteiger partial charge < -0.3 is 5.32 Å². The molecule has 0 radical (unpaired) electrons. The van der Waals surface area contributed by atoms with Crippen molar-refractivity contribution in [2.75, 3.05) is 16.8 Å². The van der Waals surface area contributed by atoms with Crippen LogP contribution in [0.3, 0.4) is 0 Å². The molecular weight excluding hydrogens is 254 g/mol. The van der Waals surface area contributed by atoms with E-state index >= 15 is 0 Å². The number of carbonyl (C=O) groups is 1. The normalized spacial score (nSPS) is 16.8. The number of anilines is 1. The van der Waals surface area contributed by atoms with Crippen molar-refractivity contribution in [1.29, 1.82) is 0 Å². The molecule has 0 unspecified atom stereocenters. The first-order chi connectivity index (χ1) is 8.16. The van der Waals surface area contributed by atoms with Crippen LogP contribution in [0.2, 0.25) is 5.02 Å². The Labute approximate surface area is 111 Å². The van der Waals surface area contributed by atoms with Crippen molar-refractivity contribution in [2.45, 2.75) is 19.8 Å². The molecule has 17 heavy (non-hydrogen) atoms. The lowest BCUT2D eigenvalue weighted by molar-refractivity contribution is -0.120. The number of benzene rings is 1. The Morgan fingerprint density at radius 2 is 2.12 bits per heavy atom. The van der Waals surface area contributed by atoms with Crippen LogP contribution in [0, 0.1) is 12.8 Å². The van der Waals surface area contributed by atoms with E-state index in [4.69, 9.17) is 11.6 Å². The molecule has 92 valence electrons. The number of halogens is 1. The molecule has 1 N–H and O–H groups in total. The van der Waals surface area contributed by atoms with Gasteiger partial charge in [0, 0.05) is 16.6 Å². The summed E-state index contributed by atoms with van der Waals surface area (Å²) < 4.78 is 0. The van der Waals surface area contributed by atoms with Crippen LogP contribution in [-0.2, 0) is 4.79 Å². The van der Waals surface area contributed by atoms with Crippen LogP contribution in [-0.4, -0.2) is 17.4 Å². The predicted molar refractivity (Wildman–Crippen MR) is 74.9 cm³/mol. The van der Waals surface area contributed by atoms with Crippen molar-refractivity contribution in [2.24, 2.45) is 5.92 Å². The van der Waals surface area contributed by atoms with Gasteiger partial charge >= 0.3 is 0 Å². The maximum absolute atomic E-state index is 12.1. The van der Waals surface area contributed by atoms with E-state index in [1.54, 1.807) is 0 Å². The molecule has 1 amide bonds. The van der Waals surface area contributed by atoms with E-state index in [1.165, 1.54) is 0 Å². The molecule has 0 aromatic heterocycles. The first-order valence-electron chi connectivity index (χ1n) is 5.81. The monoisotopic (exact) mass is 269 g/mol. The Bertz CT molecular complexity index is 416. The number of carbonyl (C=O) groups excluding carboxylic acids is 1. The summed E-state index contributed by atoms with van der Waals surface area (Å²) in [7, 11) is 0. The molecule has 0 atom stereocenters. The van der Waals surface area contributed by atoms with E-state index in [9.17, 15) is 4.79 Å². The van der Waals surface area contributed by atoms with Gasteiger partial charge in [-0.3, -0.25) is 4.79 Å². The molecule has 4 heteroatoms. The second-order valence-corrected chi connectivity index (χ2v) is 6.00. The van der Waals surface area contributed by atoms with E-state index in [0.717, 1.165) is 35.6 Å². The number of nitrogens with one attached hydrogen (secondary N) is 1. The van der Waals surface area contributed by atoms with Gasteiger partial charge in [-0.2, -0.15) is 11.8 Å². The molecule has 2 nitrogen and oxygen atoms in total. The highest BCUT2D eigenvalue weighted by Crippen LogP contribution is 2.26. The Morgan fingerprint density at radius 1 is 1.41 bits per heavy atom. The quantitative estimate of drug-likeness (QED) is 0.886. The van der Waals surface area contributed by atoms with Crippen LogP contribution in [0.15, 0.2) is 18.2 Å². The highest BCUT2D eigenvalue weighted by atomic mass is 35.5. The number of thioether (sulfide) groups is 1. The molecule has 0 aliphatic carbocycles. The van der Waals surface area contributed by atoms with Crippen molar-refractivity contribution in [1.82, 2.24) is 0 Å². The van der Waals surface area contributed by atoms with Crippen molar-refractivity contribution >= 4 is 35.0 Å². The maximum Gasteiger partial charge on any atom is 0.227 e. The van der Waals surface area contributed by atoms with Gasteiger partial charge in [0.1, 0.15) is 0 Å². The molecule has 1 aromatic carbocycles. The van der Waals surface area contributed by atoms with Crippen molar-refractivity contribution in [3.05, 3.63) is 28.8 Å². The number of aryl methyl sites for hydroxylation is 1. The van der Waals surface area contributed by atoms with E-state index in [0.29, 0.717) is 5.02 Å². The molecule has 1 saturated heterocycles. The van der Waals surface area contributed by atoms with Crippen molar-refractivity contribution in [3.8, 4) is 0 Å². The van der Waals surface area contributed by atoms with Crippen LogP contribution in [0.5, 0.6) is 0 Å². The lowest BCUT2D eigenvalue weighted by Crippen LogP contribution is -2.26. The zero-order valence-corrected chi connectivity index (χ0v) is 11.4. The fourth-order valence-corrected chi connectivity index (χ4v) is 3.20. The largest absolute Gasteiger partial charge is 0.326 e. The van der Waals surface area contributed by atoms with Crippen LogP contribution >= 0.6 is 23.4 Å². The molecule has 0 spiro atoms. The first kappa shape index (κ1) is 12.8. The second kappa shape index (κ2) is 5.78. The Balaban J connectivity index is 2.04. The van der Waals surface area contributed by atoms with Gasteiger partial charge in [-0.05, 0) is 49.0 Å². The molecule has 1 aromatic rings. The third-order valence-electron chi connectivity index (χ3n) is 3.05. The van der Waals surface area contributed by atoms with Gasteiger partial charge in [0.05, 0.1) is 0 Å². The minimum atomic E-state index is 0.135. The predicted octanol–water partition coefficient (Wildman–Crippen LogP) is 3.73. The van der Waals surface area contributed by atoms with Crippen LogP contribution in [0.1, 0.15) is 18.4 Å². The van der Waals surface area contributed by atoms with Crippen molar-refractivity contribution < 1.29 is 4.79 Å². The van der Waals surface area contributed by atoms with Crippen LogP contribution in [0.4, 0.5) is 5.69 Å². The van der Waals surface area contributed by atoms with E-state index < -0.39 is 0 Å². The number of hydrogen-bond donors (Lipinski definition) is 1. The molecule has 2 rings (SSSR count). The summed E-state index contributed by atoms with van der Waals surface area (Å²) in [4.78, 5) is 12.1. The fourth-order valence-electron chi connectivity index (χ4n) is 1.92. The topological polar surface area (TPSA) is 29.1 Å². The summed E-state index contributed by atoms with van der Waals surface area (Å²) in [5, 5.41) is 3.65. The van der Waals surface area contributed by atoms with Gasteiger partial charge in [-0.1, -0.05) is 17.7 Å². The molecule has 0 saturated carbocycles. The average Bonchev–Trinajstić information content (AvgIpc) is 2.35. The molecule has 1 aliphatic heterocycles. The van der Waals surface area contributed by atoms with Crippen LogP contribution < -0.4 is 5.32 Å². The Hall–Kier alpha value is -0.670. The SMILES string of the molecule is Cc1ccc(Cl)cc1NC(=O)C1CCSCC1. The third kappa shape index (κ3) is 3.39. The lowest BCUT2D eigenvalue weighted by atomic mass is 10.0. The number of amides is 1. The number of hydrogen-bond acceptors (Lipinski definition) is 2. The summed E-state index contributed by atoms with van der Waals surface area (Å²) in [5.41, 5.74) is 1.88. The summed E-state index contributed by atoms with van der Waals surface area (Å²) in [6.07, 6.45) is 1.96. The smallest absolute Gasteiger partial charge is 0.227 e. The molecule has 1 fully saturated rings. The van der Waals surface area contributed by atoms with Gasteiger partial charge in [-0.25, -0.2) is 0 Å². The Morgan fingerprint density at radius 3 is 2.82 bits per heavy atom. The molecule has 1 aliphatic rings. The van der Waals surface area contributed by atoms with Crippen molar-refractivity contribution in [3.63, 3.8) is 0 Å². The Kier molecular flexibility index (Phi) is 4.35. The number of rotatable bonds is 2. The van der Waals surface area contributed by atoms with Gasteiger partial charge in [0.15, 0.2) is 0 Å². The highest BCUT2D eigenvalue weighted by molar-refractivity contribution is 7.99. The molecule has 0 bridgehead atoms. The summed E-state index contributed by atoms with van der Waals surface area (Å²) >= 11 is 7.86. The van der Waals surface area contributed by atoms with Crippen LogP contribution in [0.25, 0.3) is 0 Å². The summed E-state index contributed by atoms with van der Waals surface area (Å²) in [6, 6.07) is 5.57. The summed E-state index contributed by atoms with van der Waals surface area (Å²) in [6.45, 7) is 1.97. The zero-order valence-electron chi connectivity index (χ0n) is 9.83. The van der Waals surface area contributed by atoms with Gasteiger partial charge in [0.25, 0.3) is 0 Å². The fraction of sp³-hybridized carbons (Fsp3) is 0.462.